The van der Waals surface area contributed by atoms with Gasteiger partial charge in [-0.3, -0.25) is 15.0 Å². The third-order valence-corrected chi connectivity index (χ3v) is 8.45. The van der Waals surface area contributed by atoms with E-state index in [1.807, 2.05) is 12.1 Å². The van der Waals surface area contributed by atoms with Crippen LogP contribution >= 0.6 is 0 Å². The lowest BCUT2D eigenvalue weighted by Gasteiger charge is -2.34. The Morgan fingerprint density at radius 1 is 1.08 bits per heavy atom. The maximum Gasteiger partial charge on any atom is 0.249 e. The van der Waals surface area contributed by atoms with Crippen molar-refractivity contribution in [3.8, 4) is 0 Å². The van der Waals surface area contributed by atoms with Gasteiger partial charge in [-0.15, -0.1) is 0 Å². The molecule has 0 saturated carbocycles. The summed E-state index contributed by atoms with van der Waals surface area (Å²) in [5.74, 6) is -1.62. The highest BCUT2D eigenvalue weighted by molar-refractivity contribution is 7.89. The first-order valence-corrected chi connectivity index (χ1v) is 13.8. The van der Waals surface area contributed by atoms with Gasteiger partial charge in [0.25, 0.3) is 0 Å². The van der Waals surface area contributed by atoms with Gasteiger partial charge in [0.1, 0.15) is 0 Å². The van der Waals surface area contributed by atoms with Crippen molar-refractivity contribution >= 4 is 44.1 Å². The Morgan fingerprint density at radius 3 is 2.47 bits per heavy atom. The van der Waals surface area contributed by atoms with E-state index in [-0.39, 0.29) is 34.6 Å². The molecule has 4 rings (SSSR count). The summed E-state index contributed by atoms with van der Waals surface area (Å²) in [5.41, 5.74) is 9.62. The number of nitrogens with zero attached hydrogens (tertiary/aromatic N) is 1. The van der Waals surface area contributed by atoms with E-state index < -0.39 is 27.3 Å². The second-order valence-electron chi connectivity index (χ2n) is 9.71. The second kappa shape index (κ2) is 10.8. The van der Waals surface area contributed by atoms with Gasteiger partial charge >= 0.3 is 0 Å². The van der Waals surface area contributed by atoms with Crippen molar-refractivity contribution in [2.75, 3.05) is 25.4 Å². The number of benzene rings is 3. The van der Waals surface area contributed by atoms with E-state index in [9.17, 15) is 18.0 Å². The molecule has 1 saturated heterocycles. The fraction of sp³-hybridized carbons (Fsp3) is 0.296. The van der Waals surface area contributed by atoms with Crippen molar-refractivity contribution in [3.05, 3.63) is 72.3 Å². The van der Waals surface area contributed by atoms with E-state index in [1.165, 1.54) is 31.2 Å². The number of carbonyl (C=O) groups excluding carboxylic acids is 2. The van der Waals surface area contributed by atoms with Crippen LogP contribution < -0.4 is 21.5 Å². The van der Waals surface area contributed by atoms with Crippen molar-refractivity contribution in [2.24, 2.45) is 11.7 Å². The minimum atomic E-state index is -4.31. The smallest absolute Gasteiger partial charge is 0.249 e. The number of Topliss-reactive ketones (excluding diaryl/α,β-unsaturated/α-hetero) is 1. The maximum atomic E-state index is 13.7. The molecule has 0 aliphatic carbocycles. The van der Waals surface area contributed by atoms with Crippen LogP contribution in [0.2, 0.25) is 0 Å². The number of nitrogens with one attached hydrogen (secondary N) is 3. The maximum absolute atomic E-state index is 13.7. The minimum Gasteiger partial charge on any atom is -0.398 e. The number of anilines is 1. The van der Waals surface area contributed by atoms with Crippen LogP contribution in [-0.4, -0.2) is 56.1 Å². The SMILES string of the molecule is C[C@](NS(=O)(=O)c1ccc2ccccc2c1)(C(=O)NCC1CCCN(C(=N)N)C1)C(=O)c1ccccc1N. The van der Waals surface area contributed by atoms with Crippen LogP contribution in [0.4, 0.5) is 5.69 Å². The van der Waals surface area contributed by atoms with Crippen molar-refractivity contribution in [3.63, 3.8) is 0 Å². The van der Waals surface area contributed by atoms with E-state index in [0.717, 1.165) is 18.2 Å². The third-order valence-electron chi connectivity index (χ3n) is 6.89. The molecule has 3 aromatic carbocycles. The molecule has 2 atom stereocenters. The molecule has 1 amide bonds. The summed E-state index contributed by atoms with van der Waals surface area (Å²) in [7, 11) is -4.31. The first-order valence-electron chi connectivity index (χ1n) is 12.3. The fourth-order valence-electron chi connectivity index (χ4n) is 4.70. The molecule has 1 fully saturated rings. The number of hydrogen-bond acceptors (Lipinski definition) is 6. The normalized spacial score (nSPS) is 17.5. The minimum absolute atomic E-state index is 0.0187. The number of sulfonamides is 1. The van der Waals surface area contributed by atoms with Crippen LogP contribution in [0.15, 0.2) is 71.6 Å². The highest BCUT2D eigenvalue weighted by atomic mass is 32.2. The second-order valence-corrected chi connectivity index (χ2v) is 11.4. The zero-order valence-electron chi connectivity index (χ0n) is 21.1. The van der Waals surface area contributed by atoms with Gasteiger partial charge in [-0.25, -0.2) is 8.42 Å². The molecule has 10 nitrogen and oxygen atoms in total. The van der Waals surface area contributed by atoms with Gasteiger partial charge in [0.15, 0.2) is 17.3 Å². The fourth-order valence-corrected chi connectivity index (χ4v) is 6.07. The lowest BCUT2D eigenvalue weighted by molar-refractivity contribution is -0.125. The Bertz CT molecular complexity index is 1490. The zero-order valence-corrected chi connectivity index (χ0v) is 21.9. The predicted octanol–water partition coefficient (Wildman–Crippen LogP) is 2.06. The molecule has 0 radical (unpaired) electrons. The van der Waals surface area contributed by atoms with E-state index >= 15 is 0 Å². The standard InChI is InChI=1S/C27H32N6O4S/c1-27(24(34)22-10-4-5-11-23(22)28,25(35)31-16-18-7-6-14-33(17-18)26(29)30)32-38(36,37)21-13-12-19-8-2-3-9-20(19)15-21/h2-5,8-13,15,18,32H,6-7,14,16-17,28H2,1H3,(H3,29,30)(H,31,35)/t18?,27-/m1/s1. The van der Waals surface area contributed by atoms with Gasteiger partial charge < -0.3 is 21.7 Å². The summed E-state index contributed by atoms with van der Waals surface area (Å²) in [6, 6.07) is 18.1. The Kier molecular flexibility index (Phi) is 7.70. The van der Waals surface area contributed by atoms with Gasteiger partial charge in [0.05, 0.1) is 4.90 Å². The number of guanidine groups is 1. The molecule has 1 unspecified atom stereocenters. The number of amides is 1. The molecule has 1 aliphatic rings. The summed E-state index contributed by atoms with van der Waals surface area (Å²) < 4.78 is 29.4. The highest BCUT2D eigenvalue weighted by Gasteiger charge is 2.46. The van der Waals surface area contributed by atoms with Crippen molar-refractivity contribution in [1.29, 1.82) is 5.41 Å². The van der Waals surface area contributed by atoms with Crippen LogP contribution in [0, 0.1) is 11.3 Å². The largest absolute Gasteiger partial charge is 0.398 e. The molecule has 1 aliphatic heterocycles. The summed E-state index contributed by atoms with van der Waals surface area (Å²) in [6.07, 6.45) is 1.59. The average Bonchev–Trinajstić information content (AvgIpc) is 2.91. The van der Waals surface area contributed by atoms with Crippen LogP contribution in [-0.2, 0) is 14.8 Å². The molecular weight excluding hydrogens is 504 g/mol. The first kappa shape index (κ1) is 27.1. The lowest BCUT2D eigenvalue weighted by Crippen LogP contribution is -2.62. The van der Waals surface area contributed by atoms with E-state index in [4.69, 9.17) is 16.9 Å². The number of carbonyl (C=O) groups is 2. The molecule has 7 N–H and O–H groups in total. The van der Waals surface area contributed by atoms with E-state index in [0.29, 0.717) is 18.5 Å². The van der Waals surface area contributed by atoms with Gasteiger partial charge in [-0.2, -0.15) is 4.72 Å². The first-order chi connectivity index (χ1) is 18.0. The quantitative estimate of drug-likeness (QED) is 0.0964. The van der Waals surface area contributed by atoms with Crippen molar-refractivity contribution < 1.29 is 18.0 Å². The topological polar surface area (TPSA) is 171 Å². The van der Waals surface area contributed by atoms with E-state index in [2.05, 4.69) is 10.0 Å². The lowest BCUT2D eigenvalue weighted by atomic mass is 9.90. The summed E-state index contributed by atoms with van der Waals surface area (Å²) in [5, 5.41) is 12.0. The van der Waals surface area contributed by atoms with Crippen molar-refractivity contribution in [1.82, 2.24) is 14.9 Å². The number of para-hydroxylation sites is 1. The van der Waals surface area contributed by atoms with E-state index in [1.54, 1.807) is 35.2 Å². The van der Waals surface area contributed by atoms with Gasteiger partial charge in [-0.05, 0) is 60.7 Å². The van der Waals surface area contributed by atoms with Crippen LogP contribution in [0.1, 0.15) is 30.1 Å². The highest BCUT2D eigenvalue weighted by Crippen LogP contribution is 2.25. The van der Waals surface area contributed by atoms with Gasteiger partial charge in [0.2, 0.25) is 15.9 Å². The summed E-state index contributed by atoms with van der Waals surface area (Å²) in [4.78, 5) is 29.0. The van der Waals surface area contributed by atoms with Crippen molar-refractivity contribution in [2.45, 2.75) is 30.2 Å². The molecular formula is C27H32N6O4S. The Hall–Kier alpha value is -3.96. The number of fused-ring (bicyclic) bond motifs is 1. The Balaban J connectivity index is 1.64. The van der Waals surface area contributed by atoms with Gasteiger partial charge in [-0.1, -0.05) is 42.5 Å². The molecule has 3 aromatic rings. The molecule has 38 heavy (non-hydrogen) atoms. The monoisotopic (exact) mass is 536 g/mol. The number of hydrogen-bond donors (Lipinski definition) is 5. The van der Waals surface area contributed by atoms with Crippen LogP contribution in [0.5, 0.6) is 0 Å². The summed E-state index contributed by atoms with van der Waals surface area (Å²) >= 11 is 0. The van der Waals surface area contributed by atoms with Gasteiger partial charge in [0, 0.05) is 30.9 Å². The molecule has 1 heterocycles. The molecule has 11 heteroatoms. The Labute approximate surface area is 221 Å². The molecule has 0 bridgehead atoms. The molecule has 0 aromatic heterocycles. The zero-order chi connectivity index (χ0) is 27.5. The number of likely N-dealkylation sites (tertiary alicyclic amines) is 1. The number of nitrogen functional groups attached to an aromatic ring is 1. The number of rotatable bonds is 8. The number of piperidine rings is 1. The predicted molar refractivity (Wildman–Crippen MR) is 147 cm³/mol. The summed E-state index contributed by atoms with van der Waals surface area (Å²) in [6.45, 7) is 2.58. The average molecular weight is 537 g/mol. The van der Waals surface area contributed by atoms with Crippen LogP contribution in [0.3, 0.4) is 0 Å². The third kappa shape index (κ3) is 5.63. The molecule has 0 spiro atoms. The number of nitrogens with two attached hydrogens (primary N) is 2. The molecule has 200 valence electrons. The van der Waals surface area contributed by atoms with Crippen LogP contribution in [0.25, 0.3) is 10.8 Å². The number of ketones is 1. The Morgan fingerprint density at radius 2 is 1.76 bits per heavy atom.